The summed E-state index contributed by atoms with van der Waals surface area (Å²) in [7, 11) is 3.40. The van der Waals surface area contributed by atoms with Crippen LogP contribution in [0.15, 0.2) is 24.3 Å². The van der Waals surface area contributed by atoms with Gasteiger partial charge in [0.2, 0.25) is 0 Å². The van der Waals surface area contributed by atoms with Crippen LogP contribution in [0, 0.1) is 0 Å². The monoisotopic (exact) mass is 251 g/mol. The summed E-state index contributed by atoms with van der Waals surface area (Å²) in [5.41, 5.74) is 1.17. The lowest BCUT2D eigenvalue weighted by molar-refractivity contribution is 0.104. The van der Waals surface area contributed by atoms with Gasteiger partial charge in [-0.2, -0.15) is 0 Å². The lowest BCUT2D eigenvalue weighted by atomic mass is 10.1. The Labute approximate surface area is 108 Å². The maximum Gasteiger partial charge on any atom is 0.409 e. The molecule has 1 aromatic rings. The van der Waals surface area contributed by atoms with Crippen molar-refractivity contribution in [2.45, 2.75) is 26.3 Å². The van der Waals surface area contributed by atoms with Gasteiger partial charge in [-0.3, -0.25) is 0 Å². The van der Waals surface area contributed by atoms with Crippen LogP contribution in [0.1, 0.15) is 19.4 Å². The predicted molar refractivity (Wildman–Crippen MR) is 70.9 cm³/mol. The third-order valence-electron chi connectivity index (χ3n) is 2.91. The summed E-state index contributed by atoms with van der Waals surface area (Å²) in [6.45, 7) is 4.21. The Morgan fingerprint density at radius 1 is 1.33 bits per heavy atom. The first-order chi connectivity index (χ1) is 8.58. The molecule has 1 amide bonds. The highest BCUT2D eigenvalue weighted by atomic mass is 16.6. The van der Waals surface area contributed by atoms with Gasteiger partial charge in [0.25, 0.3) is 0 Å². The minimum atomic E-state index is -0.279. The van der Waals surface area contributed by atoms with Gasteiger partial charge in [-0.05, 0) is 38.0 Å². The highest BCUT2D eigenvalue weighted by Crippen LogP contribution is 2.14. The molecule has 0 saturated carbocycles. The van der Waals surface area contributed by atoms with Crippen LogP contribution in [0.4, 0.5) is 4.79 Å². The number of rotatable bonds is 5. The first kappa shape index (κ1) is 14.4. The molecule has 1 unspecified atom stereocenters. The van der Waals surface area contributed by atoms with Crippen LogP contribution >= 0.6 is 0 Å². The first-order valence-electron chi connectivity index (χ1n) is 6.11. The van der Waals surface area contributed by atoms with E-state index in [2.05, 4.69) is 0 Å². The van der Waals surface area contributed by atoms with Gasteiger partial charge in [-0.1, -0.05) is 12.1 Å². The summed E-state index contributed by atoms with van der Waals surface area (Å²) < 4.78 is 10.1. The maximum atomic E-state index is 11.6. The second kappa shape index (κ2) is 6.89. The molecular weight excluding hydrogens is 230 g/mol. The lowest BCUT2D eigenvalue weighted by Gasteiger charge is -2.24. The Balaban J connectivity index is 2.57. The highest BCUT2D eigenvalue weighted by molar-refractivity contribution is 5.67. The molecule has 1 rings (SSSR count). The smallest absolute Gasteiger partial charge is 0.409 e. The molecule has 0 radical (unpaired) electrons. The summed E-state index contributed by atoms with van der Waals surface area (Å²) in [6, 6.07) is 7.96. The Morgan fingerprint density at radius 2 is 1.94 bits per heavy atom. The van der Waals surface area contributed by atoms with Gasteiger partial charge < -0.3 is 14.4 Å². The Morgan fingerprint density at radius 3 is 2.44 bits per heavy atom. The van der Waals surface area contributed by atoms with Crippen LogP contribution in [0.2, 0.25) is 0 Å². The van der Waals surface area contributed by atoms with Crippen LogP contribution in [0.25, 0.3) is 0 Å². The number of hydrogen-bond donors (Lipinski definition) is 0. The number of ether oxygens (including phenoxy) is 2. The van der Waals surface area contributed by atoms with E-state index in [4.69, 9.17) is 9.47 Å². The quantitative estimate of drug-likeness (QED) is 0.807. The number of nitrogens with zero attached hydrogens (tertiary/aromatic N) is 1. The zero-order valence-corrected chi connectivity index (χ0v) is 11.5. The fourth-order valence-corrected chi connectivity index (χ4v) is 1.64. The summed E-state index contributed by atoms with van der Waals surface area (Å²) in [5.74, 6) is 0.838. The zero-order chi connectivity index (χ0) is 13.5. The van der Waals surface area contributed by atoms with Crippen LogP contribution in [-0.4, -0.2) is 37.8 Å². The van der Waals surface area contributed by atoms with Crippen molar-refractivity contribution in [1.29, 1.82) is 0 Å². The molecule has 18 heavy (non-hydrogen) atoms. The summed E-state index contributed by atoms with van der Waals surface area (Å²) in [5, 5.41) is 0. The van der Waals surface area contributed by atoms with Gasteiger partial charge >= 0.3 is 6.09 Å². The Hall–Kier alpha value is -1.71. The van der Waals surface area contributed by atoms with Gasteiger partial charge in [0.1, 0.15) is 5.75 Å². The SMILES string of the molecule is CCOC(=O)N(C)C(C)Cc1ccc(OC)cc1. The van der Waals surface area contributed by atoms with Crippen LogP contribution in [0.5, 0.6) is 5.75 Å². The molecule has 100 valence electrons. The van der Waals surface area contributed by atoms with Gasteiger partial charge in [0, 0.05) is 13.1 Å². The third kappa shape index (κ3) is 3.95. The number of benzene rings is 1. The van der Waals surface area contributed by atoms with Crippen molar-refractivity contribution in [2.24, 2.45) is 0 Å². The molecule has 0 aliphatic rings. The second-order valence-corrected chi connectivity index (χ2v) is 4.21. The van der Waals surface area contributed by atoms with E-state index in [1.807, 2.05) is 31.2 Å². The molecule has 0 bridgehead atoms. The predicted octanol–water partition coefficient (Wildman–Crippen LogP) is 2.71. The van der Waals surface area contributed by atoms with Gasteiger partial charge in [-0.15, -0.1) is 0 Å². The fourth-order valence-electron chi connectivity index (χ4n) is 1.64. The van der Waals surface area contributed by atoms with Crippen LogP contribution in [0.3, 0.4) is 0 Å². The fraction of sp³-hybridized carbons (Fsp3) is 0.500. The van der Waals surface area contributed by atoms with E-state index in [-0.39, 0.29) is 12.1 Å². The van der Waals surface area contributed by atoms with Crippen molar-refractivity contribution < 1.29 is 14.3 Å². The normalized spacial score (nSPS) is 11.8. The summed E-state index contributed by atoms with van der Waals surface area (Å²) >= 11 is 0. The molecule has 0 heterocycles. The molecule has 0 aliphatic heterocycles. The summed E-state index contributed by atoms with van der Waals surface area (Å²) in [6.07, 6.45) is 0.512. The van der Waals surface area contributed by atoms with Crippen molar-refractivity contribution in [3.05, 3.63) is 29.8 Å². The van der Waals surface area contributed by atoms with Crippen molar-refractivity contribution >= 4 is 6.09 Å². The van der Waals surface area contributed by atoms with Gasteiger partial charge in [0.05, 0.1) is 13.7 Å². The third-order valence-corrected chi connectivity index (χ3v) is 2.91. The van der Waals surface area contributed by atoms with E-state index in [1.54, 1.807) is 26.0 Å². The van der Waals surface area contributed by atoms with Crippen molar-refractivity contribution in [1.82, 2.24) is 4.90 Å². The van der Waals surface area contributed by atoms with Gasteiger partial charge in [0.15, 0.2) is 0 Å². The van der Waals surface area contributed by atoms with Crippen molar-refractivity contribution in [2.75, 3.05) is 20.8 Å². The summed E-state index contributed by atoms with van der Waals surface area (Å²) in [4.78, 5) is 13.2. The Bertz CT molecular complexity index is 375. The molecule has 0 saturated heterocycles. The van der Waals surface area contributed by atoms with Crippen LogP contribution < -0.4 is 4.74 Å². The van der Waals surface area contributed by atoms with Crippen molar-refractivity contribution in [3.8, 4) is 5.75 Å². The second-order valence-electron chi connectivity index (χ2n) is 4.21. The molecule has 4 nitrogen and oxygen atoms in total. The molecule has 0 aliphatic carbocycles. The minimum Gasteiger partial charge on any atom is -0.497 e. The number of carbonyl (C=O) groups is 1. The lowest BCUT2D eigenvalue weighted by Crippen LogP contribution is -2.36. The van der Waals surface area contributed by atoms with Gasteiger partial charge in [-0.25, -0.2) is 4.79 Å². The number of likely N-dealkylation sites (N-methyl/N-ethyl adjacent to an activating group) is 1. The van der Waals surface area contributed by atoms with E-state index in [1.165, 1.54) is 5.56 Å². The van der Waals surface area contributed by atoms with E-state index < -0.39 is 0 Å². The van der Waals surface area contributed by atoms with Crippen LogP contribution in [-0.2, 0) is 11.2 Å². The highest BCUT2D eigenvalue weighted by Gasteiger charge is 2.16. The average molecular weight is 251 g/mol. The van der Waals surface area contributed by atoms with E-state index in [9.17, 15) is 4.79 Å². The molecule has 0 N–H and O–H groups in total. The molecular formula is C14H21NO3. The average Bonchev–Trinajstić information content (AvgIpc) is 2.39. The molecule has 0 aromatic heterocycles. The Kier molecular flexibility index (Phi) is 5.49. The standard InChI is InChI=1S/C14H21NO3/c1-5-18-14(16)15(3)11(2)10-12-6-8-13(17-4)9-7-12/h6-9,11H,5,10H2,1-4H3. The number of amides is 1. The molecule has 4 heteroatoms. The van der Waals surface area contributed by atoms with Crippen molar-refractivity contribution in [3.63, 3.8) is 0 Å². The first-order valence-corrected chi connectivity index (χ1v) is 6.11. The zero-order valence-electron chi connectivity index (χ0n) is 11.5. The maximum absolute atomic E-state index is 11.6. The molecule has 1 aromatic carbocycles. The molecule has 0 fully saturated rings. The van der Waals surface area contributed by atoms with E-state index in [0.29, 0.717) is 6.61 Å². The number of hydrogen-bond acceptors (Lipinski definition) is 3. The topological polar surface area (TPSA) is 38.8 Å². The van der Waals surface area contributed by atoms with E-state index in [0.717, 1.165) is 12.2 Å². The minimum absolute atomic E-state index is 0.0949. The van der Waals surface area contributed by atoms with E-state index >= 15 is 0 Å². The molecule has 0 spiro atoms. The number of carbonyl (C=O) groups excluding carboxylic acids is 1. The number of methoxy groups -OCH3 is 1. The largest absolute Gasteiger partial charge is 0.497 e. The molecule has 1 atom stereocenters.